The molecule has 20 heavy (non-hydrogen) atoms. The molecule has 3 rings (SSSR count). The molecule has 102 valence electrons. The molecule has 1 aromatic heterocycles. The van der Waals surface area contributed by atoms with Crippen LogP contribution in [0.15, 0.2) is 47.4 Å². The quantitative estimate of drug-likeness (QED) is 0.728. The Bertz CT molecular complexity index is 886. The molecule has 0 aliphatic rings. The molecule has 0 unspecified atom stereocenters. The van der Waals surface area contributed by atoms with Crippen molar-refractivity contribution in [2.75, 3.05) is 0 Å². The van der Waals surface area contributed by atoms with Gasteiger partial charge in [0.15, 0.2) is 0 Å². The second kappa shape index (κ2) is 4.77. The number of imidazole rings is 1. The first-order valence-electron chi connectivity index (χ1n) is 5.64. The average molecular weight is 327 g/mol. The van der Waals surface area contributed by atoms with Gasteiger partial charge in [-0.05, 0) is 42.5 Å². The highest BCUT2D eigenvalue weighted by atomic mass is 35.7. The summed E-state index contributed by atoms with van der Waals surface area (Å²) in [7, 11) is 1.58. The van der Waals surface area contributed by atoms with Gasteiger partial charge in [-0.2, -0.15) is 0 Å². The van der Waals surface area contributed by atoms with Crippen LogP contribution in [-0.4, -0.2) is 18.4 Å². The van der Waals surface area contributed by atoms with Crippen molar-refractivity contribution in [2.24, 2.45) is 0 Å². The van der Waals surface area contributed by atoms with E-state index in [1.807, 2.05) is 12.1 Å². The van der Waals surface area contributed by atoms with E-state index < -0.39 is 9.05 Å². The fraction of sp³-hybridized carbons (Fsp3) is 0. The normalized spacial score (nSPS) is 11.9. The van der Waals surface area contributed by atoms with Crippen LogP contribution in [0.1, 0.15) is 0 Å². The molecule has 1 N–H and O–H groups in total. The molecule has 4 nitrogen and oxygen atoms in total. The molecule has 0 saturated carbocycles. The topological polar surface area (TPSA) is 62.8 Å². The number of hydrogen-bond acceptors (Lipinski definition) is 3. The van der Waals surface area contributed by atoms with Gasteiger partial charge in [-0.15, -0.1) is 0 Å². The zero-order valence-corrected chi connectivity index (χ0v) is 12.3. The first-order valence-corrected chi connectivity index (χ1v) is 8.32. The van der Waals surface area contributed by atoms with Gasteiger partial charge in [0, 0.05) is 21.3 Å². The largest absolute Gasteiger partial charge is 0.338 e. The van der Waals surface area contributed by atoms with Crippen LogP contribution in [0.3, 0.4) is 0 Å². The minimum absolute atomic E-state index is 0.0398. The van der Waals surface area contributed by atoms with E-state index in [1.165, 1.54) is 12.1 Å². The lowest BCUT2D eigenvalue weighted by molar-refractivity contribution is 0.609. The van der Waals surface area contributed by atoms with Crippen molar-refractivity contribution < 1.29 is 8.42 Å². The third-order valence-corrected chi connectivity index (χ3v) is 4.46. The number of nitrogens with zero attached hydrogens (tertiary/aromatic N) is 1. The van der Waals surface area contributed by atoms with Gasteiger partial charge in [-0.1, -0.05) is 11.6 Å². The van der Waals surface area contributed by atoms with Gasteiger partial charge in [0.25, 0.3) is 9.05 Å². The maximum atomic E-state index is 11.3. The van der Waals surface area contributed by atoms with E-state index >= 15 is 0 Å². The number of nitrogens with one attached hydrogen (secondary N) is 1. The van der Waals surface area contributed by atoms with E-state index in [4.69, 9.17) is 22.3 Å². The van der Waals surface area contributed by atoms with E-state index in [2.05, 4.69) is 9.97 Å². The summed E-state index contributed by atoms with van der Waals surface area (Å²) in [5, 5.41) is 0.639. The van der Waals surface area contributed by atoms with E-state index in [0.29, 0.717) is 21.9 Å². The molecule has 0 amide bonds. The summed E-state index contributed by atoms with van der Waals surface area (Å²) in [6, 6.07) is 11.7. The monoisotopic (exact) mass is 326 g/mol. The van der Waals surface area contributed by atoms with Gasteiger partial charge < -0.3 is 4.98 Å². The van der Waals surface area contributed by atoms with Crippen molar-refractivity contribution in [3.63, 3.8) is 0 Å². The number of aromatic amines is 1. The number of halogens is 2. The lowest BCUT2D eigenvalue weighted by atomic mass is 10.2. The third kappa shape index (κ3) is 2.52. The number of benzene rings is 2. The van der Waals surface area contributed by atoms with Gasteiger partial charge in [0.05, 0.1) is 15.9 Å². The minimum atomic E-state index is -3.75. The molecule has 0 atom stereocenters. The third-order valence-electron chi connectivity index (χ3n) is 2.85. The Kier molecular flexibility index (Phi) is 3.20. The Morgan fingerprint density at radius 2 is 1.75 bits per heavy atom. The fourth-order valence-electron chi connectivity index (χ4n) is 1.88. The summed E-state index contributed by atoms with van der Waals surface area (Å²) >= 11 is 5.84. The van der Waals surface area contributed by atoms with Crippen LogP contribution >= 0.6 is 22.3 Å². The van der Waals surface area contributed by atoms with Crippen LogP contribution in [0.5, 0.6) is 0 Å². The van der Waals surface area contributed by atoms with Crippen LogP contribution in [0.2, 0.25) is 5.02 Å². The molecule has 0 bridgehead atoms. The zero-order chi connectivity index (χ0) is 14.3. The Morgan fingerprint density at radius 1 is 1.05 bits per heavy atom. The first kappa shape index (κ1) is 13.4. The predicted molar refractivity (Wildman–Crippen MR) is 79.6 cm³/mol. The van der Waals surface area contributed by atoms with Crippen molar-refractivity contribution in [1.82, 2.24) is 9.97 Å². The number of rotatable bonds is 2. The molecule has 2 aromatic carbocycles. The first-order chi connectivity index (χ1) is 9.43. The Labute approximate surface area is 124 Å². The fourth-order valence-corrected chi connectivity index (χ4v) is 2.79. The maximum absolute atomic E-state index is 11.3. The van der Waals surface area contributed by atoms with Crippen LogP contribution in [0.25, 0.3) is 22.4 Å². The van der Waals surface area contributed by atoms with Gasteiger partial charge in [-0.3, -0.25) is 0 Å². The van der Waals surface area contributed by atoms with Gasteiger partial charge in [-0.25, -0.2) is 13.4 Å². The molecule has 3 aromatic rings. The Morgan fingerprint density at radius 3 is 2.40 bits per heavy atom. The lowest BCUT2D eigenvalue weighted by Crippen LogP contribution is -1.89. The van der Waals surface area contributed by atoms with Gasteiger partial charge >= 0.3 is 0 Å². The highest BCUT2D eigenvalue weighted by Gasteiger charge is 2.12. The second-order valence-electron chi connectivity index (χ2n) is 4.21. The molecule has 0 spiro atoms. The van der Waals surface area contributed by atoms with E-state index in [0.717, 1.165) is 5.56 Å². The summed E-state index contributed by atoms with van der Waals surface area (Å²) in [5.41, 5.74) is 2.14. The molecule has 0 aliphatic heterocycles. The summed E-state index contributed by atoms with van der Waals surface area (Å²) in [4.78, 5) is 7.51. The van der Waals surface area contributed by atoms with Crippen LogP contribution in [0, 0.1) is 0 Å². The minimum Gasteiger partial charge on any atom is -0.338 e. The van der Waals surface area contributed by atoms with Crippen molar-refractivity contribution in [3.8, 4) is 11.4 Å². The second-order valence-corrected chi connectivity index (χ2v) is 7.21. The molecule has 0 fully saturated rings. The molecule has 0 radical (unpaired) electrons. The number of aromatic nitrogens is 2. The summed E-state index contributed by atoms with van der Waals surface area (Å²) in [6.07, 6.45) is 0. The standard InChI is InChI=1S/C13H8Cl2N2O2S/c14-9-3-1-8(2-4-9)13-16-11-6-5-10(20(15,18)19)7-12(11)17-13/h1-7H,(H,16,17). The molecular formula is C13H8Cl2N2O2S. The molecule has 7 heteroatoms. The Hall–Kier alpha value is -1.56. The van der Waals surface area contributed by atoms with Crippen LogP contribution < -0.4 is 0 Å². The average Bonchev–Trinajstić information content (AvgIpc) is 2.81. The summed E-state index contributed by atoms with van der Waals surface area (Å²) in [6.45, 7) is 0. The molecule has 0 saturated heterocycles. The predicted octanol–water partition coefficient (Wildman–Crippen LogP) is 3.81. The van der Waals surface area contributed by atoms with Gasteiger partial charge in [0.2, 0.25) is 0 Å². The summed E-state index contributed by atoms with van der Waals surface area (Å²) < 4.78 is 22.6. The molecule has 1 heterocycles. The van der Waals surface area contributed by atoms with Crippen molar-refractivity contribution >= 4 is 42.4 Å². The van der Waals surface area contributed by atoms with Gasteiger partial charge in [0.1, 0.15) is 5.82 Å². The van der Waals surface area contributed by atoms with Crippen LogP contribution in [-0.2, 0) is 9.05 Å². The zero-order valence-electron chi connectivity index (χ0n) is 9.97. The lowest BCUT2D eigenvalue weighted by Gasteiger charge is -1.95. The van der Waals surface area contributed by atoms with E-state index in [1.54, 1.807) is 18.2 Å². The van der Waals surface area contributed by atoms with Crippen molar-refractivity contribution in [2.45, 2.75) is 4.90 Å². The highest BCUT2D eigenvalue weighted by molar-refractivity contribution is 8.13. The molecular weight excluding hydrogens is 319 g/mol. The Balaban J connectivity index is 2.13. The number of hydrogen-bond donors (Lipinski definition) is 1. The van der Waals surface area contributed by atoms with Crippen LogP contribution in [0.4, 0.5) is 0 Å². The summed E-state index contributed by atoms with van der Waals surface area (Å²) in [5.74, 6) is 0.640. The van der Waals surface area contributed by atoms with Crippen molar-refractivity contribution in [3.05, 3.63) is 47.5 Å². The smallest absolute Gasteiger partial charge is 0.261 e. The highest BCUT2D eigenvalue weighted by Crippen LogP contribution is 2.25. The van der Waals surface area contributed by atoms with E-state index in [-0.39, 0.29) is 4.90 Å². The maximum Gasteiger partial charge on any atom is 0.261 e. The van der Waals surface area contributed by atoms with E-state index in [9.17, 15) is 8.42 Å². The SMILES string of the molecule is O=S(=O)(Cl)c1ccc2nc(-c3ccc(Cl)cc3)[nH]c2c1. The number of fused-ring (bicyclic) bond motifs is 1. The number of H-pyrrole nitrogens is 1. The molecule has 0 aliphatic carbocycles. The van der Waals surface area contributed by atoms with Crippen molar-refractivity contribution in [1.29, 1.82) is 0 Å².